The van der Waals surface area contributed by atoms with E-state index >= 15 is 0 Å². The predicted molar refractivity (Wildman–Crippen MR) is 54.3 cm³/mol. The lowest BCUT2D eigenvalue weighted by Gasteiger charge is -2.02. The molecule has 5 nitrogen and oxygen atoms in total. The van der Waals surface area contributed by atoms with Crippen LogP contribution in [-0.2, 0) is 0 Å². The fraction of sp³-hybridized carbons (Fsp3) is 0.222. The molecule has 0 fully saturated rings. The maximum atomic E-state index is 10.5. The summed E-state index contributed by atoms with van der Waals surface area (Å²) in [7, 11) is 0. The van der Waals surface area contributed by atoms with E-state index in [0.717, 1.165) is 0 Å². The number of aryl methyl sites for hydroxylation is 1. The molecule has 0 atom stereocenters. The second-order valence-electron chi connectivity index (χ2n) is 2.78. The molecule has 0 saturated carbocycles. The summed E-state index contributed by atoms with van der Waals surface area (Å²) in [5, 5.41) is 13.4. The van der Waals surface area contributed by atoms with Gasteiger partial charge in [0.05, 0.1) is 4.92 Å². The Bertz CT molecular complexity index is 363. The van der Waals surface area contributed by atoms with Crippen molar-refractivity contribution >= 4 is 11.5 Å². The van der Waals surface area contributed by atoms with Crippen LogP contribution < -0.4 is 5.32 Å². The smallest absolute Gasteiger partial charge is 0.290 e. The summed E-state index contributed by atoms with van der Waals surface area (Å²) in [5.41, 5.74) is 0.630. The normalized spacial score (nSPS) is 9.50. The summed E-state index contributed by atoms with van der Waals surface area (Å²) in [6, 6.07) is 1.64. The van der Waals surface area contributed by atoms with Crippen LogP contribution in [0.25, 0.3) is 0 Å². The van der Waals surface area contributed by atoms with Crippen LogP contribution in [0.2, 0.25) is 0 Å². The Kier molecular flexibility index (Phi) is 3.17. The first-order valence-electron chi connectivity index (χ1n) is 4.11. The Morgan fingerprint density at radius 2 is 2.50 bits per heavy atom. The number of nitrogens with zero attached hydrogens (tertiary/aromatic N) is 2. The van der Waals surface area contributed by atoms with Gasteiger partial charge >= 0.3 is 0 Å². The molecule has 0 saturated heterocycles. The highest BCUT2D eigenvalue weighted by atomic mass is 16.6. The van der Waals surface area contributed by atoms with Gasteiger partial charge in [0, 0.05) is 12.1 Å². The zero-order valence-corrected chi connectivity index (χ0v) is 7.86. The number of rotatable bonds is 4. The molecule has 5 heteroatoms. The maximum absolute atomic E-state index is 10.5. The Labute approximate surface area is 81.6 Å². The summed E-state index contributed by atoms with van der Waals surface area (Å²) in [6.07, 6.45) is 2.94. The van der Waals surface area contributed by atoms with E-state index in [9.17, 15) is 10.1 Å². The highest BCUT2D eigenvalue weighted by Crippen LogP contribution is 2.18. The van der Waals surface area contributed by atoms with E-state index in [1.54, 1.807) is 19.1 Å². The monoisotopic (exact) mass is 193 g/mol. The van der Waals surface area contributed by atoms with Crippen molar-refractivity contribution in [2.75, 3.05) is 11.9 Å². The van der Waals surface area contributed by atoms with E-state index in [2.05, 4.69) is 16.9 Å². The largest absolute Gasteiger partial charge is 0.367 e. The summed E-state index contributed by atoms with van der Waals surface area (Å²) in [5.74, 6) is 0.619. The molecule has 74 valence electrons. The van der Waals surface area contributed by atoms with Gasteiger partial charge in [-0.15, -0.1) is 6.58 Å². The number of hydrogen-bond acceptors (Lipinski definition) is 4. The fourth-order valence-electron chi connectivity index (χ4n) is 1.01. The predicted octanol–water partition coefficient (Wildman–Crippen LogP) is 1.90. The fourth-order valence-corrected chi connectivity index (χ4v) is 1.01. The molecule has 1 aromatic rings. The third-order valence-electron chi connectivity index (χ3n) is 1.71. The lowest BCUT2D eigenvalue weighted by molar-refractivity contribution is -0.385. The minimum absolute atomic E-state index is 0.0363. The molecule has 0 radical (unpaired) electrons. The van der Waals surface area contributed by atoms with Crippen molar-refractivity contribution in [3.63, 3.8) is 0 Å². The van der Waals surface area contributed by atoms with Crippen LogP contribution >= 0.6 is 0 Å². The zero-order chi connectivity index (χ0) is 10.6. The van der Waals surface area contributed by atoms with Crippen molar-refractivity contribution < 1.29 is 4.92 Å². The molecule has 1 rings (SSSR count). The van der Waals surface area contributed by atoms with Crippen LogP contribution in [0.4, 0.5) is 11.5 Å². The molecular formula is C9H11N3O2. The van der Waals surface area contributed by atoms with Gasteiger partial charge in [-0.2, -0.15) is 0 Å². The van der Waals surface area contributed by atoms with Crippen LogP contribution in [0.3, 0.4) is 0 Å². The van der Waals surface area contributed by atoms with Gasteiger partial charge in [0.2, 0.25) is 0 Å². The average molecular weight is 193 g/mol. The highest BCUT2D eigenvalue weighted by molar-refractivity contribution is 5.46. The lowest BCUT2D eigenvalue weighted by atomic mass is 10.2. The van der Waals surface area contributed by atoms with E-state index in [1.807, 2.05) is 0 Å². The van der Waals surface area contributed by atoms with Gasteiger partial charge in [0.1, 0.15) is 12.0 Å². The number of hydrogen-bond donors (Lipinski definition) is 1. The number of nitro groups is 1. The summed E-state index contributed by atoms with van der Waals surface area (Å²) in [4.78, 5) is 13.9. The van der Waals surface area contributed by atoms with Gasteiger partial charge in [0.15, 0.2) is 0 Å². The number of pyridine rings is 1. The van der Waals surface area contributed by atoms with E-state index in [1.165, 1.54) is 6.20 Å². The summed E-state index contributed by atoms with van der Waals surface area (Å²) in [6.45, 7) is 5.81. The number of nitrogens with one attached hydrogen (secondary N) is 1. The first kappa shape index (κ1) is 10.2. The van der Waals surface area contributed by atoms with Gasteiger partial charge in [0.25, 0.3) is 5.69 Å². The lowest BCUT2D eigenvalue weighted by Crippen LogP contribution is -2.01. The van der Waals surface area contributed by atoms with Crippen LogP contribution in [-0.4, -0.2) is 16.5 Å². The molecule has 0 bridgehead atoms. The minimum atomic E-state index is -0.445. The van der Waals surface area contributed by atoms with Crippen LogP contribution in [0.1, 0.15) is 5.56 Å². The molecule has 0 amide bonds. The Morgan fingerprint density at radius 3 is 3.00 bits per heavy atom. The Balaban J connectivity index is 2.88. The van der Waals surface area contributed by atoms with Crippen molar-refractivity contribution in [1.82, 2.24) is 4.98 Å². The molecule has 1 aromatic heterocycles. The standard InChI is InChI=1S/C9H11N3O2/c1-3-4-10-9-5-7(2)8(6-11-9)12(13)14/h3,5-6H,1,4H2,2H3,(H,10,11). The Hall–Kier alpha value is -1.91. The molecule has 0 aliphatic heterocycles. The van der Waals surface area contributed by atoms with Gasteiger partial charge in [-0.05, 0) is 13.0 Å². The SMILES string of the molecule is C=CCNc1cc(C)c([N+](=O)[O-])cn1. The van der Waals surface area contributed by atoms with E-state index in [-0.39, 0.29) is 5.69 Å². The van der Waals surface area contributed by atoms with Gasteiger partial charge in [-0.3, -0.25) is 10.1 Å². The average Bonchev–Trinajstić information content (AvgIpc) is 2.14. The molecular weight excluding hydrogens is 182 g/mol. The molecule has 1 N–H and O–H groups in total. The third kappa shape index (κ3) is 2.29. The van der Waals surface area contributed by atoms with E-state index in [0.29, 0.717) is 17.9 Å². The van der Waals surface area contributed by atoms with Crippen molar-refractivity contribution in [2.45, 2.75) is 6.92 Å². The van der Waals surface area contributed by atoms with Crippen molar-refractivity contribution in [3.05, 3.63) is 40.6 Å². The first-order valence-corrected chi connectivity index (χ1v) is 4.11. The minimum Gasteiger partial charge on any atom is -0.367 e. The quantitative estimate of drug-likeness (QED) is 0.450. The number of aromatic nitrogens is 1. The van der Waals surface area contributed by atoms with Crippen molar-refractivity contribution in [1.29, 1.82) is 0 Å². The van der Waals surface area contributed by atoms with Crippen LogP contribution in [0.15, 0.2) is 24.9 Å². The van der Waals surface area contributed by atoms with Crippen LogP contribution in [0, 0.1) is 17.0 Å². The zero-order valence-electron chi connectivity index (χ0n) is 7.86. The third-order valence-corrected chi connectivity index (χ3v) is 1.71. The summed E-state index contributed by atoms with van der Waals surface area (Å²) < 4.78 is 0. The molecule has 1 heterocycles. The topological polar surface area (TPSA) is 68.1 Å². The molecule has 0 aromatic carbocycles. The van der Waals surface area contributed by atoms with E-state index < -0.39 is 4.92 Å². The van der Waals surface area contributed by atoms with Crippen molar-refractivity contribution in [3.8, 4) is 0 Å². The highest BCUT2D eigenvalue weighted by Gasteiger charge is 2.10. The number of anilines is 1. The van der Waals surface area contributed by atoms with Crippen LogP contribution in [0.5, 0.6) is 0 Å². The molecule has 0 spiro atoms. The summed E-state index contributed by atoms with van der Waals surface area (Å²) >= 11 is 0. The van der Waals surface area contributed by atoms with E-state index in [4.69, 9.17) is 0 Å². The second-order valence-corrected chi connectivity index (χ2v) is 2.78. The van der Waals surface area contributed by atoms with Gasteiger partial charge < -0.3 is 5.32 Å². The Morgan fingerprint density at radius 1 is 1.79 bits per heavy atom. The second kappa shape index (κ2) is 4.36. The maximum Gasteiger partial charge on any atom is 0.290 e. The first-order chi connectivity index (χ1) is 6.65. The molecule has 0 unspecified atom stereocenters. The van der Waals surface area contributed by atoms with Gasteiger partial charge in [-0.1, -0.05) is 6.08 Å². The molecule has 0 aliphatic rings. The molecule has 0 aliphatic carbocycles. The van der Waals surface area contributed by atoms with Crippen molar-refractivity contribution in [2.24, 2.45) is 0 Å². The molecule has 14 heavy (non-hydrogen) atoms. The van der Waals surface area contributed by atoms with Gasteiger partial charge in [-0.25, -0.2) is 4.98 Å².